The molecule has 2 N–H and O–H groups in total. The lowest BCUT2D eigenvalue weighted by atomic mass is 10.1. The van der Waals surface area contributed by atoms with Gasteiger partial charge in [-0.25, -0.2) is 0 Å². The van der Waals surface area contributed by atoms with Crippen molar-refractivity contribution in [3.63, 3.8) is 0 Å². The number of amides is 1. The number of aliphatic hydroxyl groups is 1. The van der Waals surface area contributed by atoms with Crippen LogP contribution in [0.1, 0.15) is 34.8 Å². The van der Waals surface area contributed by atoms with Crippen LogP contribution in [0.2, 0.25) is 0 Å². The van der Waals surface area contributed by atoms with E-state index in [1.165, 1.54) is 0 Å². The highest BCUT2D eigenvalue weighted by atomic mass is 16.5. The molecule has 0 saturated carbocycles. The highest BCUT2D eigenvalue weighted by Gasteiger charge is 2.09. The number of carbonyl (C=O) groups is 1. The van der Waals surface area contributed by atoms with E-state index in [-0.39, 0.29) is 25.0 Å². The van der Waals surface area contributed by atoms with Crippen LogP contribution in [0.25, 0.3) is 0 Å². The average molecular weight is 338 g/mol. The number of aliphatic hydroxyl groups excluding tert-OH is 1. The first-order chi connectivity index (χ1) is 12.1. The van der Waals surface area contributed by atoms with Crippen LogP contribution in [-0.2, 0) is 6.61 Å². The van der Waals surface area contributed by atoms with Crippen LogP contribution in [0.3, 0.4) is 0 Å². The van der Waals surface area contributed by atoms with Crippen molar-refractivity contribution in [1.82, 2.24) is 5.32 Å². The van der Waals surface area contributed by atoms with Gasteiger partial charge in [0.2, 0.25) is 0 Å². The smallest absolute Gasteiger partial charge is 0.251 e. The Morgan fingerprint density at radius 2 is 2.08 bits per heavy atom. The Kier molecular flexibility index (Phi) is 7.00. The minimum absolute atomic E-state index is 0.116. The molecule has 130 valence electrons. The molecule has 0 bridgehead atoms. The summed E-state index contributed by atoms with van der Waals surface area (Å²) < 4.78 is 5.73. The van der Waals surface area contributed by atoms with Gasteiger partial charge >= 0.3 is 0 Å². The van der Waals surface area contributed by atoms with Crippen molar-refractivity contribution < 1.29 is 14.6 Å². The molecule has 2 aromatic carbocycles. The van der Waals surface area contributed by atoms with Crippen molar-refractivity contribution >= 4 is 5.91 Å². The van der Waals surface area contributed by atoms with Gasteiger partial charge in [-0.15, -0.1) is 0 Å². The molecule has 0 aliphatic rings. The fraction of sp³-hybridized carbons (Fsp3) is 0.300. The van der Waals surface area contributed by atoms with E-state index in [1.807, 2.05) is 25.1 Å². The van der Waals surface area contributed by atoms with Gasteiger partial charge in [0.15, 0.2) is 0 Å². The van der Waals surface area contributed by atoms with Crippen LogP contribution in [-0.4, -0.2) is 24.2 Å². The molecule has 5 nitrogen and oxygen atoms in total. The molecular weight excluding hydrogens is 316 g/mol. The number of hydrogen-bond acceptors (Lipinski definition) is 4. The molecule has 2 aromatic rings. The topological polar surface area (TPSA) is 82.3 Å². The highest BCUT2D eigenvalue weighted by Crippen LogP contribution is 2.17. The molecule has 1 unspecified atom stereocenters. The molecule has 0 aromatic heterocycles. The van der Waals surface area contributed by atoms with E-state index >= 15 is 0 Å². The highest BCUT2D eigenvalue weighted by molar-refractivity contribution is 5.94. The maximum absolute atomic E-state index is 12.2. The second-order valence-corrected chi connectivity index (χ2v) is 5.91. The van der Waals surface area contributed by atoms with Gasteiger partial charge in [0.1, 0.15) is 12.4 Å². The number of nitriles is 1. The molecule has 2 rings (SSSR count). The number of rotatable bonds is 8. The Hall–Kier alpha value is -2.84. The first kappa shape index (κ1) is 18.5. The van der Waals surface area contributed by atoms with Gasteiger partial charge in [0.05, 0.1) is 11.6 Å². The average Bonchev–Trinajstić information content (AvgIpc) is 2.65. The largest absolute Gasteiger partial charge is 0.489 e. The van der Waals surface area contributed by atoms with Gasteiger partial charge < -0.3 is 15.2 Å². The van der Waals surface area contributed by atoms with Crippen molar-refractivity contribution in [1.29, 1.82) is 5.26 Å². The van der Waals surface area contributed by atoms with E-state index in [0.29, 0.717) is 29.8 Å². The molecule has 1 amide bonds. The SMILES string of the molecule is CC(CCO)CNC(=O)c1cccc(OCc2ccccc2C#N)c1. The summed E-state index contributed by atoms with van der Waals surface area (Å²) in [4.78, 5) is 12.2. The van der Waals surface area contributed by atoms with Crippen LogP contribution in [0.5, 0.6) is 5.75 Å². The van der Waals surface area contributed by atoms with Gasteiger partial charge in [-0.2, -0.15) is 5.26 Å². The first-order valence-corrected chi connectivity index (χ1v) is 8.24. The molecular formula is C20H22N2O3. The number of hydrogen-bond donors (Lipinski definition) is 2. The van der Waals surface area contributed by atoms with Gasteiger partial charge in [-0.05, 0) is 36.6 Å². The Bertz CT molecular complexity index is 753. The fourth-order valence-electron chi connectivity index (χ4n) is 2.33. The van der Waals surface area contributed by atoms with Gasteiger partial charge in [-0.3, -0.25) is 4.79 Å². The van der Waals surface area contributed by atoms with E-state index in [2.05, 4.69) is 11.4 Å². The molecule has 0 heterocycles. The van der Waals surface area contributed by atoms with Crippen molar-refractivity contribution in [2.24, 2.45) is 5.92 Å². The van der Waals surface area contributed by atoms with E-state index in [0.717, 1.165) is 5.56 Å². The zero-order valence-corrected chi connectivity index (χ0v) is 14.2. The van der Waals surface area contributed by atoms with Crippen LogP contribution in [0, 0.1) is 17.2 Å². The number of carbonyl (C=O) groups excluding carboxylic acids is 1. The standard InChI is InChI=1S/C20H22N2O3/c1-15(9-10-23)13-22-20(24)16-7-4-8-19(11-16)25-14-18-6-3-2-5-17(18)12-21/h2-8,11,15,23H,9-10,13-14H2,1H3,(H,22,24). The predicted octanol–water partition coefficient (Wildman–Crippen LogP) is 2.89. The summed E-state index contributed by atoms with van der Waals surface area (Å²) in [7, 11) is 0. The molecule has 0 radical (unpaired) electrons. The minimum atomic E-state index is -0.173. The summed E-state index contributed by atoms with van der Waals surface area (Å²) in [6.45, 7) is 2.87. The van der Waals surface area contributed by atoms with Crippen molar-refractivity contribution in [3.8, 4) is 11.8 Å². The van der Waals surface area contributed by atoms with Crippen molar-refractivity contribution in [2.75, 3.05) is 13.2 Å². The zero-order chi connectivity index (χ0) is 18.1. The molecule has 25 heavy (non-hydrogen) atoms. The van der Waals surface area contributed by atoms with E-state index < -0.39 is 0 Å². The third-order valence-corrected chi connectivity index (χ3v) is 3.86. The summed E-state index contributed by atoms with van der Waals surface area (Å²) in [5.74, 6) is 0.618. The quantitative estimate of drug-likeness (QED) is 0.775. The zero-order valence-electron chi connectivity index (χ0n) is 14.2. The normalized spacial score (nSPS) is 11.4. The molecule has 5 heteroatoms. The molecule has 0 aliphatic heterocycles. The Morgan fingerprint density at radius 3 is 2.84 bits per heavy atom. The second kappa shape index (κ2) is 9.45. The first-order valence-electron chi connectivity index (χ1n) is 8.24. The van der Waals surface area contributed by atoms with Crippen molar-refractivity contribution in [2.45, 2.75) is 20.0 Å². The lowest BCUT2D eigenvalue weighted by Gasteiger charge is -2.12. The number of benzene rings is 2. The van der Waals surface area contributed by atoms with E-state index in [9.17, 15) is 4.79 Å². The molecule has 0 aliphatic carbocycles. The fourth-order valence-corrected chi connectivity index (χ4v) is 2.33. The molecule has 1 atom stereocenters. The molecule has 0 spiro atoms. The third-order valence-electron chi connectivity index (χ3n) is 3.86. The summed E-state index contributed by atoms with van der Waals surface area (Å²) in [5, 5.41) is 20.9. The number of ether oxygens (including phenoxy) is 1. The molecule has 0 fully saturated rings. The number of nitrogens with zero attached hydrogens (tertiary/aromatic N) is 1. The van der Waals surface area contributed by atoms with Crippen LogP contribution < -0.4 is 10.1 Å². The van der Waals surface area contributed by atoms with Crippen LogP contribution in [0.15, 0.2) is 48.5 Å². The predicted molar refractivity (Wildman–Crippen MR) is 95.1 cm³/mol. The maximum Gasteiger partial charge on any atom is 0.251 e. The summed E-state index contributed by atoms with van der Waals surface area (Å²) in [6.07, 6.45) is 0.654. The lowest BCUT2D eigenvalue weighted by molar-refractivity contribution is 0.0945. The summed E-state index contributed by atoms with van der Waals surface area (Å²) in [6, 6.07) is 16.3. The third kappa shape index (κ3) is 5.63. The van der Waals surface area contributed by atoms with Gasteiger partial charge in [0, 0.05) is 24.3 Å². The maximum atomic E-state index is 12.2. The van der Waals surface area contributed by atoms with Gasteiger partial charge in [0.25, 0.3) is 5.91 Å². The monoisotopic (exact) mass is 338 g/mol. The van der Waals surface area contributed by atoms with Crippen molar-refractivity contribution in [3.05, 3.63) is 65.2 Å². The Balaban J connectivity index is 1.96. The Morgan fingerprint density at radius 1 is 1.28 bits per heavy atom. The number of nitrogens with one attached hydrogen (secondary N) is 1. The lowest BCUT2D eigenvalue weighted by Crippen LogP contribution is -2.28. The minimum Gasteiger partial charge on any atom is -0.489 e. The van der Waals surface area contributed by atoms with E-state index in [4.69, 9.17) is 15.1 Å². The second-order valence-electron chi connectivity index (χ2n) is 5.91. The molecule has 0 saturated heterocycles. The Labute approximate surface area is 147 Å². The van der Waals surface area contributed by atoms with Gasteiger partial charge in [-0.1, -0.05) is 31.2 Å². The summed E-state index contributed by atoms with van der Waals surface area (Å²) >= 11 is 0. The summed E-state index contributed by atoms with van der Waals surface area (Å²) in [5.41, 5.74) is 1.90. The van der Waals surface area contributed by atoms with Crippen LogP contribution in [0.4, 0.5) is 0 Å². The van der Waals surface area contributed by atoms with E-state index in [1.54, 1.807) is 30.3 Å². The van der Waals surface area contributed by atoms with Crippen LogP contribution >= 0.6 is 0 Å².